The molecule has 1 saturated carbocycles. The number of halogens is 1. The summed E-state index contributed by atoms with van der Waals surface area (Å²) in [5.41, 5.74) is 1.08. The van der Waals surface area contributed by atoms with Gasteiger partial charge in [-0.2, -0.15) is 0 Å². The first kappa shape index (κ1) is 12.9. The highest BCUT2D eigenvalue weighted by Crippen LogP contribution is 2.35. The zero-order chi connectivity index (χ0) is 12.3. The van der Waals surface area contributed by atoms with Crippen LogP contribution >= 0.6 is 11.6 Å². The maximum absolute atomic E-state index is 10.1. The summed E-state index contributed by atoms with van der Waals surface area (Å²) in [5, 5.41) is 14.3. The van der Waals surface area contributed by atoms with Crippen LogP contribution in [-0.2, 0) is 0 Å². The lowest BCUT2D eigenvalue weighted by Gasteiger charge is -2.43. The van der Waals surface area contributed by atoms with Gasteiger partial charge in [0.25, 0.3) is 0 Å². The van der Waals surface area contributed by atoms with E-state index in [0.717, 1.165) is 12.0 Å². The number of nitrogens with one attached hydrogen (secondary N) is 1. The largest absolute Gasteiger partial charge is 0.387 e. The van der Waals surface area contributed by atoms with Crippen molar-refractivity contribution >= 4 is 11.6 Å². The van der Waals surface area contributed by atoms with Gasteiger partial charge in [0.1, 0.15) is 0 Å². The number of benzene rings is 1. The van der Waals surface area contributed by atoms with Crippen LogP contribution in [0.5, 0.6) is 0 Å². The smallest absolute Gasteiger partial charge is 0.0928 e. The number of rotatable bonds is 5. The summed E-state index contributed by atoms with van der Waals surface area (Å²) in [4.78, 5) is 0. The summed E-state index contributed by atoms with van der Waals surface area (Å²) in [6.07, 6.45) is 4.34. The Morgan fingerprint density at radius 1 is 1.41 bits per heavy atom. The fourth-order valence-electron chi connectivity index (χ4n) is 2.43. The highest BCUT2D eigenvalue weighted by Gasteiger charge is 2.34. The van der Waals surface area contributed by atoms with Gasteiger partial charge in [-0.25, -0.2) is 0 Å². The van der Waals surface area contributed by atoms with Crippen molar-refractivity contribution < 1.29 is 5.11 Å². The first-order chi connectivity index (χ1) is 8.17. The van der Waals surface area contributed by atoms with Gasteiger partial charge in [-0.15, -0.1) is 0 Å². The van der Waals surface area contributed by atoms with Crippen LogP contribution in [0.25, 0.3) is 0 Å². The van der Waals surface area contributed by atoms with E-state index in [1.807, 2.05) is 24.3 Å². The minimum absolute atomic E-state index is 0.266. The molecule has 1 aromatic rings. The minimum Gasteiger partial charge on any atom is -0.387 e. The summed E-state index contributed by atoms with van der Waals surface area (Å²) in [5.74, 6) is 0. The molecule has 0 heterocycles. The first-order valence-corrected chi connectivity index (χ1v) is 6.72. The van der Waals surface area contributed by atoms with E-state index in [4.69, 9.17) is 11.6 Å². The van der Waals surface area contributed by atoms with E-state index in [2.05, 4.69) is 12.2 Å². The molecule has 0 spiro atoms. The predicted molar refractivity (Wildman–Crippen MR) is 71.3 cm³/mol. The molecule has 0 radical (unpaired) electrons. The standard InChI is InChI=1S/C14H20ClNO/c1-2-14(8-5-9-14)16-10-13(17)11-6-3-4-7-12(11)15/h3-4,6-7,13,16-17H,2,5,8-10H2,1H3. The maximum Gasteiger partial charge on any atom is 0.0928 e. The van der Waals surface area contributed by atoms with Crippen LogP contribution in [0.1, 0.15) is 44.3 Å². The number of hydrogen-bond acceptors (Lipinski definition) is 2. The van der Waals surface area contributed by atoms with Gasteiger partial charge in [-0.3, -0.25) is 0 Å². The monoisotopic (exact) mass is 253 g/mol. The van der Waals surface area contributed by atoms with Crippen molar-refractivity contribution in [3.05, 3.63) is 34.9 Å². The molecule has 1 unspecified atom stereocenters. The fourth-order valence-corrected chi connectivity index (χ4v) is 2.69. The van der Waals surface area contributed by atoms with E-state index in [1.165, 1.54) is 19.3 Å². The third-order valence-electron chi connectivity index (χ3n) is 3.92. The average molecular weight is 254 g/mol. The molecule has 2 rings (SSSR count). The molecular weight excluding hydrogens is 234 g/mol. The lowest BCUT2D eigenvalue weighted by Crippen LogP contribution is -2.51. The molecule has 0 saturated heterocycles. The second kappa shape index (κ2) is 5.38. The molecule has 1 fully saturated rings. The first-order valence-electron chi connectivity index (χ1n) is 6.34. The van der Waals surface area contributed by atoms with Gasteiger partial charge in [0.05, 0.1) is 6.10 Å². The second-order valence-corrected chi connectivity index (χ2v) is 5.31. The molecule has 2 N–H and O–H groups in total. The van der Waals surface area contributed by atoms with Crippen molar-refractivity contribution in [1.82, 2.24) is 5.32 Å². The van der Waals surface area contributed by atoms with Crippen LogP contribution in [0, 0.1) is 0 Å². The van der Waals surface area contributed by atoms with Crippen LogP contribution in [0.2, 0.25) is 5.02 Å². The van der Waals surface area contributed by atoms with Crippen molar-refractivity contribution in [2.45, 2.75) is 44.2 Å². The van der Waals surface area contributed by atoms with E-state index in [-0.39, 0.29) is 5.54 Å². The average Bonchev–Trinajstić information content (AvgIpc) is 2.28. The lowest BCUT2D eigenvalue weighted by molar-refractivity contribution is 0.119. The Morgan fingerprint density at radius 3 is 2.65 bits per heavy atom. The summed E-state index contributed by atoms with van der Waals surface area (Å²) in [6.45, 7) is 2.78. The third kappa shape index (κ3) is 2.82. The molecule has 0 bridgehead atoms. The molecule has 0 aromatic heterocycles. The zero-order valence-corrected chi connectivity index (χ0v) is 11.0. The van der Waals surface area contributed by atoms with Gasteiger partial charge in [0, 0.05) is 22.7 Å². The van der Waals surface area contributed by atoms with Crippen LogP contribution in [0.15, 0.2) is 24.3 Å². The summed E-state index contributed by atoms with van der Waals surface area (Å²) in [7, 11) is 0. The maximum atomic E-state index is 10.1. The van der Waals surface area contributed by atoms with E-state index in [1.54, 1.807) is 0 Å². The van der Waals surface area contributed by atoms with E-state index >= 15 is 0 Å². The van der Waals surface area contributed by atoms with Crippen molar-refractivity contribution in [3.63, 3.8) is 0 Å². The number of aliphatic hydroxyl groups is 1. The molecule has 2 nitrogen and oxygen atoms in total. The van der Waals surface area contributed by atoms with Crippen LogP contribution < -0.4 is 5.32 Å². The second-order valence-electron chi connectivity index (χ2n) is 4.91. The molecule has 1 aromatic carbocycles. The zero-order valence-electron chi connectivity index (χ0n) is 10.2. The van der Waals surface area contributed by atoms with Crippen molar-refractivity contribution in [1.29, 1.82) is 0 Å². The topological polar surface area (TPSA) is 32.3 Å². The van der Waals surface area contributed by atoms with E-state index in [9.17, 15) is 5.11 Å². The molecule has 1 atom stereocenters. The number of β-amino-alcohol motifs (C(OH)–C–C–N with tert-alkyl or cyclic N) is 1. The SMILES string of the molecule is CCC1(NCC(O)c2ccccc2Cl)CCC1. The van der Waals surface area contributed by atoms with Gasteiger partial charge in [0.15, 0.2) is 0 Å². The Bertz CT molecular complexity index is 371. The highest BCUT2D eigenvalue weighted by molar-refractivity contribution is 6.31. The normalized spacial score (nSPS) is 19.7. The van der Waals surface area contributed by atoms with Crippen LogP contribution in [0.3, 0.4) is 0 Å². The van der Waals surface area contributed by atoms with Gasteiger partial charge in [-0.1, -0.05) is 36.7 Å². The predicted octanol–water partition coefficient (Wildman–Crippen LogP) is 3.30. The van der Waals surface area contributed by atoms with Gasteiger partial charge < -0.3 is 10.4 Å². The summed E-state index contributed by atoms with van der Waals surface area (Å²) >= 11 is 6.06. The molecule has 17 heavy (non-hydrogen) atoms. The van der Waals surface area contributed by atoms with Crippen molar-refractivity contribution in [2.75, 3.05) is 6.54 Å². The van der Waals surface area contributed by atoms with Crippen molar-refractivity contribution in [3.8, 4) is 0 Å². The summed E-state index contributed by atoms with van der Waals surface area (Å²) in [6, 6.07) is 7.49. The molecule has 0 aliphatic heterocycles. The minimum atomic E-state index is -0.521. The number of hydrogen-bond donors (Lipinski definition) is 2. The Morgan fingerprint density at radius 2 is 2.12 bits per heavy atom. The Kier molecular flexibility index (Phi) is 4.08. The third-order valence-corrected chi connectivity index (χ3v) is 4.27. The lowest BCUT2D eigenvalue weighted by atomic mass is 9.75. The molecule has 1 aliphatic rings. The van der Waals surface area contributed by atoms with Gasteiger partial charge >= 0.3 is 0 Å². The van der Waals surface area contributed by atoms with Gasteiger partial charge in [0.2, 0.25) is 0 Å². The molecule has 0 amide bonds. The van der Waals surface area contributed by atoms with Crippen LogP contribution in [0.4, 0.5) is 0 Å². The Balaban J connectivity index is 1.93. The fraction of sp³-hybridized carbons (Fsp3) is 0.571. The molecular formula is C14H20ClNO. The molecule has 94 valence electrons. The molecule has 3 heteroatoms. The van der Waals surface area contributed by atoms with E-state index < -0.39 is 6.10 Å². The molecule has 1 aliphatic carbocycles. The van der Waals surface area contributed by atoms with Crippen LogP contribution in [-0.4, -0.2) is 17.2 Å². The van der Waals surface area contributed by atoms with Crippen molar-refractivity contribution in [2.24, 2.45) is 0 Å². The summed E-state index contributed by atoms with van der Waals surface area (Å²) < 4.78 is 0. The van der Waals surface area contributed by atoms with Gasteiger partial charge in [-0.05, 0) is 31.7 Å². The highest BCUT2D eigenvalue weighted by atomic mass is 35.5. The van der Waals surface area contributed by atoms with E-state index in [0.29, 0.717) is 11.6 Å². The Hall–Kier alpha value is -0.570. The number of aliphatic hydroxyl groups excluding tert-OH is 1. The quantitative estimate of drug-likeness (QED) is 0.844. The Labute approximate surface area is 108 Å².